The lowest BCUT2D eigenvalue weighted by molar-refractivity contribution is -0.121. The van der Waals surface area contributed by atoms with Crippen molar-refractivity contribution in [2.45, 2.75) is 12.8 Å². The van der Waals surface area contributed by atoms with Crippen LogP contribution in [-0.2, 0) is 4.79 Å². The Morgan fingerprint density at radius 1 is 0.923 bits per heavy atom. The first kappa shape index (κ1) is 19.0. The predicted molar refractivity (Wildman–Crippen MR) is 105 cm³/mol. The van der Waals surface area contributed by atoms with Gasteiger partial charge in [0.15, 0.2) is 0 Å². The highest BCUT2D eigenvalue weighted by atomic mass is 35.5. The molecule has 7 heteroatoms. The van der Waals surface area contributed by atoms with E-state index in [1.54, 1.807) is 47.4 Å². The molecule has 1 heterocycles. The monoisotopic (exact) mass is 410 g/mol. The standard InChI is InChI=1S/C19H17Cl3N2O2/c20-14-6-4-13(5-7-14)19(26)24-10-8-12(9-11-24)18(25)23-17-15(21)2-1-3-16(17)22/h1-7,12H,8-11H2,(H,23,25). The molecule has 2 amide bonds. The van der Waals surface area contributed by atoms with Crippen molar-refractivity contribution >= 4 is 52.3 Å². The molecular formula is C19H17Cl3N2O2. The molecule has 1 N–H and O–H groups in total. The summed E-state index contributed by atoms with van der Waals surface area (Å²) in [6.45, 7) is 1.05. The Balaban J connectivity index is 1.58. The number of nitrogens with one attached hydrogen (secondary N) is 1. The van der Waals surface area contributed by atoms with Gasteiger partial charge in [0.25, 0.3) is 5.91 Å². The highest BCUT2D eigenvalue weighted by molar-refractivity contribution is 6.39. The molecule has 4 nitrogen and oxygen atoms in total. The minimum atomic E-state index is -0.184. The maximum Gasteiger partial charge on any atom is 0.253 e. The molecule has 3 rings (SSSR count). The highest BCUT2D eigenvalue weighted by Gasteiger charge is 2.28. The van der Waals surface area contributed by atoms with Crippen molar-refractivity contribution in [2.24, 2.45) is 5.92 Å². The molecule has 1 aliphatic rings. The van der Waals surface area contributed by atoms with Crippen molar-refractivity contribution in [3.8, 4) is 0 Å². The number of benzene rings is 2. The van der Waals surface area contributed by atoms with E-state index in [1.807, 2.05) is 0 Å². The summed E-state index contributed by atoms with van der Waals surface area (Å²) in [6, 6.07) is 11.9. The lowest BCUT2D eigenvalue weighted by atomic mass is 9.95. The lowest BCUT2D eigenvalue weighted by Gasteiger charge is -2.31. The van der Waals surface area contributed by atoms with E-state index >= 15 is 0 Å². The molecule has 0 unspecified atom stereocenters. The van der Waals surface area contributed by atoms with Crippen LogP contribution in [0.4, 0.5) is 5.69 Å². The second-order valence-electron chi connectivity index (χ2n) is 6.16. The van der Waals surface area contributed by atoms with E-state index in [0.717, 1.165) is 0 Å². The molecule has 0 bridgehead atoms. The summed E-state index contributed by atoms with van der Waals surface area (Å²) >= 11 is 18.0. The van der Waals surface area contributed by atoms with Crippen LogP contribution in [0.2, 0.25) is 15.1 Å². The molecule has 0 saturated carbocycles. The number of anilines is 1. The average molecular weight is 412 g/mol. The van der Waals surface area contributed by atoms with Crippen LogP contribution in [0.5, 0.6) is 0 Å². The number of rotatable bonds is 3. The molecule has 2 aromatic rings. The van der Waals surface area contributed by atoms with E-state index in [4.69, 9.17) is 34.8 Å². The second-order valence-corrected chi connectivity index (χ2v) is 7.41. The number of piperidine rings is 1. The van der Waals surface area contributed by atoms with E-state index in [1.165, 1.54) is 0 Å². The van der Waals surface area contributed by atoms with Crippen LogP contribution in [0.15, 0.2) is 42.5 Å². The SMILES string of the molecule is O=C(Nc1c(Cl)cccc1Cl)C1CCN(C(=O)c2ccc(Cl)cc2)CC1. The summed E-state index contributed by atoms with van der Waals surface area (Å²) in [5.74, 6) is -0.357. The fourth-order valence-corrected chi connectivity index (χ4v) is 3.58. The molecule has 1 saturated heterocycles. The number of carbonyl (C=O) groups excluding carboxylic acids is 2. The Hall–Kier alpha value is -1.75. The third-order valence-electron chi connectivity index (χ3n) is 4.46. The molecule has 1 aliphatic heterocycles. The Morgan fingerprint density at radius 3 is 2.08 bits per heavy atom. The minimum absolute atomic E-state index is 0.0466. The average Bonchev–Trinajstić information content (AvgIpc) is 2.65. The van der Waals surface area contributed by atoms with E-state index in [-0.39, 0.29) is 17.7 Å². The number of likely N-dealkylation sites (tertiary alicyclic amines) is 1. The van der Waals surface area contributed by atoms with Gasteiger partial charge in [0, 0.05) is 29.6 Å². The van der Waals surface area contributed by atoms with Crippen molar-refractivity contribution in [3.63, 3.8) is 0 Å². The zero-order valence-electron chi connectivity index (χ0n) is 13.8. The number of halogens is 3. The van der Waals surface area contributed by atoms with Crippen LogP contribution in [0.25, 0.3) is 0 Å². The summed E-state index contributed by atoms with van der Waals surface area (Å²) in [7, 11) is 0. The van der Waals surface area contributed by atoms with Gasteiger partial charge in [0.2, 0.25) is 5.91 Å². The van der Waals surface area contributed by atoms with Gasteiger partial charge in [-0.2, -0.15) is 0 Å². The van der Waals surface area contributed by atoms with Crippen molar-refractivity contribution in [1.82, 2.24) is 4.90 Å². The summed E-state index contributed by atoms with van der Waals surface area (Å²) in [4.78, 5) is 26.8. The summed E-state index contributed by atoms with van der Waals surface area (Å²) in [6.07, 6.45) is 1.18. The first-order valence-corrected chi connectivity index (χ1v) is 9.39. The zero-order chi connectivity index (χ0) is 18.7. The fraction of sp³-hybridized carbons (Fsp3) is 0.263. The Bertz CT molecular complexity index is 796. The van der Waals surface area contributed by atoms with E-state index in [0.29, 0.717) is 52.2 Å². The molecule has 136 valence electrons. The largest absolute Gasteiger partial charge is 0.339 e. The van der Waals surface area contributed by atoms with Crippen molar-refractivity contribution in [1.29, 1.82) is 0 Å². The lowest BCUT2D eigenvalue weighted by Crippen LogP contribution is -2.41. The molecule has 0 atom stereocenters. The van der Waals surface area contributed by atoms with E-state index < -0.39 is 0 Å². The van der Waals surface area contributed by atoms with Gasteiger partial charge >= 0.3 is 0 Å². The van der Waals surface area contributed by atoms with Crippen LogP contribution in [0.1, 0.15) is 23.2 Å². The first-order valence-electron chi connectivity index (χ1n) is 8.25. The molecule has 0 radical (unpaired) electrons. The maximum absolute atomic E-state index is 12.5. The number of carbonyl (C=O) groups is 2. The third-order valence-corrected chi connectivity index (χ3v) is 5.34. The van der Waals surface area contributed by atoms with Crippen LogP contribution < -0.4 is 5.32 Å². The van der Waals surface area contributed by atoms with Gasteiger partial charge in [-0.15, -0.1) is 0 Å². The van der Waals surface area contributed by atoms with Gasteiger partial charge in [-0.1, -0.05) is 40.9 Å². The van der Waals surface area contributed by atoms with Gasteiger partial charge in [-0.25, -0.2) is 0 Å². The molecule has 1 fully saturated rings. The smallest absolute Gasteiger partial charge is 0.253 e. The number of amides is 2. The second kappa shape index (κ2) is 8.30. The van der Waals surface area contributed by atoms with Crippen molar-refractivity contribution in [2.75, 3.05) is 18.4 Å². The normalized spacial score (nSPS) is 15.0. The van der Waals surface area contributed by atoms with Crippen molar-refractivity contribution in [3.05, 3.63) is 63.1 Å². The minimum Gasteiger partial charge on any atom is -0.339 e. The van der Waals surface area contributed by atoms with Gasteiger partial charge in [-0.3, -0.25) is 9.59 Å². The third kappa shape index (κ3) is 4.32. The Morgan fingerprint density at radius 2 is 1.50 bits per heavy atom. The fourth-order valence-electron chi connectivity index (χ4n) is 2.96. The van der Waals surface area contributed by atoms with Crippen LogP contribution in [0.3, 0.4) is 0 Å². The van der Waals surface area contributed by atoms with Gasteiger partial charge in [0.1, 0.15) is 0 Å². The molecule has 0 aromatic heterocycles. The maximum atomic E-state index is 12.5. The number of para-hydroxylation sites is 1. The van der Waals surface area contributed by atoms with Gasteiger partial charge in [0.05, 0.1) is 15.7 Å². The Kier molecular flexibility index (Phi) is 6.07. The first-order chi connectivity index (χ1) is 12.5. The summed E-state index contributed by atoms with van der Waals surface area (Å²) in [5, 5.41) is 4.21. The highest BCUT2D eigenvalue weighted by Crippen LogP contribution is 2.31. The predicted octanol–water partition coefficient (Wildman–Crippen LogP) is 5.14. The van der Waals surface area contributed by atoms with Crippen LogP contribution in [0, 0.1) is 5.92 Å². The topological polar surface area (TPSA) is 49.4 Å². The number of hydrogen-bond acceptors (Lipinski definition) is 2. The number of nitrogens with zero attached hydrogens (tertiary/aromatic N) is 1. The molecular weight excluding hydrogens is 395 g/mol. The zero-order valence-corrected chi connectivity index (χ0v) is 16.1. The van der Waals surface area contributed by atoms with Crippen LogP contribution in [-0.4, -0.2) is 29.8 Å². The molecule has 26 heavy (non-hydrogen) atoms. The van der Waals surface area contributed by atoms with Crippen molar-refractivity contribution < 1.29 is 9.59 Å². The number of hydrogen-bond donors (Lipinski definition) is 1. The Labute approximate surface area is 167 Å². The van der Waals surface area contributed by atoms with Gasteiger partial charge < -0.3 is 10.2 Å². The molecule has 2 aromatic carbocycles. The molecule has 0 spiro atoms. The van der Waals surface area contributed by atoms with Crippen LogP contribution >= 0.6 is 34.8 Å². The van der Waals surface area contributed by atoms with E-state index in [9.17, 15) is 9.59 Å². The summed E-state index contributed by atoms with van der Waals surface area (Å²) < 4.78 is 0. The quantitative estimate of drug-likeness (QED) is 0.760. The van der Waals surface area contributed by atoms with E-state index in [2.05, 4.69) is 5.32 Å². The molecule has 0 aliphatic carbocycles. The summed E-state index contributed by atoms with van der Waals surface area (Å²) in [5.41, 5.74) is 1.03. The van der Waals surface area contributed by atoms with Gasteiger partial charge in [-0.05, 0) is 49.2 Å².